The van der Waals surface area contributed by atoms with Gasteiger partial charge < -0.3 is 20.9 Å². The van der Waals surface area contributed by atoms with Gasteiger partial charge in [0.25, 0.3) is 0 Å². The molecule has 6 nitrogen and oxygen atoms in total. The largest absolute Gasteiger partial charge is 0.480 e. The summed E-state index contributed by atoms with van der Waals surface area (Å²) >= 11 is 0. The molecule has 1 aliphatic heterocycles. The molecule has 0 amide bonds. The van der Waals surface area contributed by atoms with Crippen LogP contribution in [-0.2, 0) is 4.79 Å². The SMILES string of the molecule is C=CC1=C(C=C)CN(CC(C)C)C(CCC(N)(CCCCB(O)O)C(=O)O)C1. The van der Waals surface area contributed by atoms with E-state index >= 15 is 0 Å². The van der Waals surface area contributed by atoms with Crippen LogP contribution in [0.15, 0.2) is 36.5 Å². The zero-order chi connectivity index (χ0) is 21.3. The third kappa shape index (κ3) is 7.55. The van der Waals surface area contributed by atoms with E-state index in [0.29, 0.717) is 38.0 Å². The molecule has 0 saturated carbocycles. The molecule has 0 spiro atoms. The number of allylic oxidation sites excluding steroid dienone is 1. The van der Waals surface area contributed by atoms with Crippen LogP contribution in [0.1, 0.15) is 52.4 Å². The number of carboxylic acids is 1. The molecule has 0 saturated heterocycles. The molecule has 0 aromatic carbocycles. The molecule has 1 heterocycles. The first-order chi connectivity index (χ1) is 13.1. The quantitative estimate of drug-likeness (QED) is 0.284. The summed E-state index contributed by atoms with van der Waals surface area (Å²) in [7, 11) is -1.35. The van der Waals surface area contributed by atoms with Gasteiger partial charge in [-0.05, 0) is 49.1 Å². The maximum Gasteiger partial charge on any atom is 0.451 e. The topological polar surface area (TPSA) is 107 Å². The van der Waals surface area contributed by atoms with Gasteiger partial charge in [-0.3, -0.25) is 9.69 Å². The fourth-order valence-electron chi connectivity index (χ4n) is 3.87. The molecule has 0 radical (unpaired) electrons. The van der Waals surface area contributed by atoms with Crippen LogP contribution in [0.2, 0.25) is 6.32 Å². The molecule has 0 bridgehead atoms. The highest BCUT2D eigenvalue weighted by Gasteiger charge is 2.35. The molecule has 0 aromatic heterocycles. The van der Waals surface area contributed by atoms with E-state index in [-0.39, 0.29) is 12.4 Å². The molecule has 2 unspecified atom stereocenters. The molecule has 1 rings (SSSR count). The number of hydrogen-bond donors (Lipinski definition) is 4. The number of aliphatic carboxylic acids is 1. The van der Waals surface area contributed by atoms with Gasteiger partial charge in [0.1, 0.15) is 5.54 Å². The van der Waals surface area contributed by atoms with E-state index in [1.807, 2.05) is 12.2 Å². The van der Waals surface area contributed by atoms with Gasteiger partial charge in [-0.15, -0.1) is 0 Å². The van der Waals surface area contributed by atoms with E-state index in [4.69, 9.17) is 15.8 Å². The van der Waals surface area contributed by atoms with Gasteiger partial charge in [0.05, 0.1) is 0 Å². The van der Waals surface area contributed by atoms with E-state index in [1.54, 1.807) is 0 Å². The number of hydrogen-bond acceptors (Lipinski definition) is 5. The lowest BCUT2D eigenvalue weighted by Crippen LogP contribution is -2.50. The maximum atomic E-state index is 11.8. The fourth-order valence-corrected chi connectivity index (χ4v) is 3.87. The monoisotopic (exact) mass is 392 g/mol. The molecular formula is C21H37BN2O4. The Hall–Kier alpha value is -1.41. The van der Waals surface area contributed by atoms with E-state index in [9.17, 15) is 9.90 Å². The lowest BCUT2D eigenvalue weighted by molar-refractivity contribution is -0.144. The second-order valence-corrected chi connectivity index (χ2v) is 8.37. The summed E-state index contributed by atoms with van der Waals surface area (Å²) in [5.41, 5.74) is 7.32. The maximum absolute atomic E-state index is 11.8. The Bertz CT molecular complexity index is 577. The first-order valence-corrected chi connectivity index (χ1v) is 10.2. The predicted octanol–water partition coefficient (Wildman–Crippen LogP) is 2.59. The zero-order valence-corrected chi connectivity index (χ0v) is 17.4. The highest BCUT2D eigenvalue weighted by Crippen LogP contribution is 2.30. The Morgan fingerprint density at radius 2 is 1.93 bits per heavy atom. The van der Waals surface area contributed by atoms with Crippen LogP contribution in [0.4, 0.5) is 0 Å². The summed E-state index contributed by atoms with van der Waals surface area (Å²) in [4.78, 5) is 14.2. The average Bonchev–Trinajstić information content (AvgIpc) is 2.63. The average molecular weight is 392 g/mol. The van der Waals surface area contributed by atoms with Crippen molar-refractivity contribution in [1.29, 1.82) is 0 Å². The minimum Gasteiger partial charge on any atom is -0.480 e. The Morgan fingerprint density at radius 3 is 2.43 bits per heavy atom. The number of carbonyl (C=O) groups is 1. The highest BCUT2D eigenvalue weighted by atomic mass is 16.4. The number of nitrogens with two attached hydrogens (primary N) is 1. The molecule has 7 heteroatoms. The Kier molecular flexibility index (Phi) is 10.2. The number of carboxylic acid groups (broad SMARTS) is 1. The highest BCUT2D eigenvalue weighted by molar-refractivity contribution is 6.40. The van der Waals surface area contributed by atoms with Crippen molar-refractivity contribution in [1.82, 2.24) is 4.90 Å². The smallest absolute Gasteiger partial charge is 0.451 e. The second-order valence-electron chi connectivity index (χ2n) is 8.37. The minimum absolute atomic E-state index is 0.223. The van der Waals surface area contributed by atoms with Gasteiger partial charge in [0.15, 0.2) is 0 Å². The van der Waals surface area contributed by atoms with E-state index in [2.05, 4.69) is 31.9 Å². The minimum atomic E-state index is -1.35. The van der Waals surface area contributed by atoms with Crippen molar-refractivity contribution in [2.75, 3.05) is 13.1 Å². The van der Waals surface area contributed by atoms with Crippen LogP contribution in [-0.4, -0.2) is 57.8 Å². The third-order valence-corrected chi connectivity index (χ3v) is 5.54. The van der Waals surface area contributed by atoms with E-state index < -0.39 is 18.6 Å². The number of unbranched alkanes of at least 4 members (excludes halogenated alkanes) is 1. The first kappa shape index (κ1) is 24.6. The first-order valence-electron chi connectivity index (χ1n) is 10.2. The summed E-state index contributed by atoms with van der Waals surface area (Å²) in [5.74, 6) is -0.486. The van der Waals surface area contributed by atoms with Crippen LogP contribution in [0.5, 0.6) is 0 Å². The van der Waals surface area contributed by atoms with Gasteiger partial charge >= 0.3 is 13.1 Å². The van der Waals surface area contributed by atoms with Crippen molar-refractivity contribution >= 4 is 13.1 Å². The van der Waals surface area contributed by atoms with Gasteiger partial charge in [-0.1, -0.05) is 52.0 Å². The Balaban J connectivity index is 2.82. The van der Waals surface area contributed by atoms with Crippen LogP contribution in [0.25, 0.3) is 0 Å². The molecule has 28 heavy (non-hydrogen) atoms. The van der Waals surface area contributed by atoms with Crippen molar-refractivity contribution < 1.29 is 19.9 Å². The lowest BCUT2D eigenvalue weighted by Gasteiger charge is -2.39. The Labute approximate surface area is 170 Å². The fraction of sp³-hybridized carbons (Fsp3) is 0.667. The Morgan fingerprint density at radius 1 is 1.29 bits per heavy atom. The normalized spacial score (nSPS) is 20.1. The summed E-state index contributed by atoms with van der Waals surface area (Å²) in [5, 5.41) is 27.6. The molecule has 158 valence electrons. The van der Waals surface area contributed by atoms with E-state index in [0.717, 1.165) is 19.5 Å². The summed E-state index contributed by atoms with van der Waals surface area (Å²) < 4.78 is 0. The predicted molar refractivity (Wildman–Crippen MR) is 115 cm³/mol. The second kappa shape index (κ2) is 11.6. The molecule has 0 fully saturated rings. The molecule has 0 aliphatic carbocycles. The molecular weight excluding hydrogens is 355 g/mol. The molecule has 5 N–H and O–H groups in total. The molecule has 1 aliphatic rings. The van der Waals surface area contributed by atoms with Gasteiger partial charge in [0.2, 0.25) is 0 Å². The molecule has 2 atom stereocenters. The third-order valence-electron chi connectivity index (χ3n) is 5.54. The van der Waals surface area contributed by atoms with Crippen molar-refractivity contribution in [2.45, 2.75) is 70.3 Å². The van der Waals surface area contributed by atoms with Crippen LogP contribution in [0.3, 0.4) is 0 Å². The van der Waals surface area contributed by atoms with Crippen LogP contribution >= 0.6 is 0 Å². The van der Waals surface area contributed by atoms with Crippen molar-refractivity contribution in [3.8, 4) is 0 Å². The van der Waals surface area contributed by atoms with Crippen molar-refractivity contribution in [2.24, 2.45) is 11.7 Å². The summed E-state index contributed by atoms with van der Waals surface area (Å²) in [6, 6.07) is 0.223. The van der Waals surface area contributed by atoms with Gasteiger partial charge in [-0.2, -0.15) is 0 Å². The van der Waals surface area contributed by atoms with Crippen LogP contribution < -0.4 is 5.73 Å². The van der Waals surface area contributed by atoms with Gasteiger partial charge in [-0.25, -0.2) is 0 Å². The number of nitrogens with zero attached hydrogens (tertiary/aromatic N) is 1. The summed E-state index contributed by atoms with van der Waals surface area (Å²) in [6.45, 7) is 13.9. The standard InChI is InChI=1S/C21H37BN2O4/c1-5-17-13-19(24(14-16(3)4)15-18(17)6-2)9-11-21(23,20(25)26)10-7-8-12-22(27)28/h5-6,16,19,27-28H,1-2,7-15,23H2,3-4H3,(H,25,26). The lowest BCUT2D eigenvalue weighted by atomic mass is 9.80. The zero-order valence-electron chi connectivity index (χ0n) is 17.4. The van der Waals surface area contributed by atoms with Crippen molar-refractivity contribution in [3.63, 3.8) is 0 Å². The molecule has 0 aromatic rings. The van der Waals surface area contributed by atoms with Crippen molar-refractivity contribution in [3.05, 3.63) is 36.5 Å². The van der Waals surface area contributed by atoms with Gasteiger partial charge in [0, 0.05) is 19.1 Å². The number of rotatable bonds is 13. The van der Waals surface area contributed by atoms with Crippen LogP contribution in [0, 0.1) is 5.92 Å². The summed E-state index contributed by atoms with van der Waals surface area (Å²) in [6.07, 6.45) is 7.33. The van der Waals surface area contributed by atoms with E-state index in [1.165, 1.54) is 11.1 Å².